The first-order chi connectivity index (χ1) is 13.1. The summed E-state index contributed by atoms with van der Waals surface area (Å²) in [4.78, 5) is 36.3. The van der Waals surface area contributed by atoms with E-state index in [0.29, 0.717) is 51.0 Å². The van der Waals surface area contributed by atoms with Crippen LogP contribution in [0.2, 0.25) is 0 Å². The topological polar surface area (TPSA) is 99.3 Å². The lowest BCUT2D eigenvalue weighted by Gasteiger charge is -2.20. The molecule has 0 heterocycles. The second-order valence-corrected chi connectivity index (χ2v) is 8.24. The van der Waals surface area contributed by atoms with Crippen LogP contribution in [0.25, 0.3) is 0 Å². The summed E-state index contributed by atoms with van der Waals surface area (Å²) in [6.45, 7) is 13.7. The zero-order chi connectivity index (χ0) is 21.5. The van der Waals surface area contributed by atoms with Crippen LogP contribution in [0.4, 0.5) is 0 Å². The minimum atomic E-state index is -0.447. The molecule has 0 aromatic carbocycles. The number of carbonyl (C=O) groups excluding carboxylic acids is 3. The van der Waals surface area contributed by atoms with Crippen LogP contribution < -0.4 is 21.3 Å². The summed E-state index contributed by atoms with van der Waals surface area (Å²) in [5.41, 5.74) is 0. The van der Waals surface area contributed by atoms with Crippen molar-refractivity contribution in [3.63, 3.8) is 0 Å². The van der Waals surface area contributed by atoms with Gasteiger partial charge in [-0.05, 0) is 19.3 Å². The van der Waals surface area contributed by atoms with Crippen molar-refractivity contribution in [3.8, 4) is 0 Å². The Morgan fingerprint density at radius 2 is 1.25 bits per heavy atom. The van der Waals surface area contributed by atoms with E-state index in [2.05, 4.69) is 21.3 Å². The van der Waals surface area contributed by atoms with E-state index in [4.69, 9.17) is 0 Å². The van der Waals surface area contributed by atoms with Crippen LogP contribution >= 0.6 is 0 Å². The Hall–Kier alpha value is -1.47. The predicted octanol–water partition coefficient (Wildman–Crippen LogP) is 1.76. The zero-order valence-electron chi connectivity index (χ0n) is 18.7. The highest BCUT2D eigenvalue weighted by Gasteiger charge is 2.22. The van der Waals surface area contributed by atoms with E-state index in [1.54, 1.807) is 0 Å². The smallest absolute Gasteiger partial charge is 0.221 e. The molecule has 7 nitrogen and oxygen atoms in total. The summed E-state index contributed by atoms with van der Waals surface area (Å²) in [5, 5.41) is 12.2. The first-order valence-corrected chi connectivity index (χ1v) is 10.7. The van der Waals surface area contributed by atoms with Gasteiger partial charge >= 0.3 is 0 Å². The number of Topliss-reactive ketones (excluding diaryl/α,β-unsaturated/α-hetero) is 1. The maximum Gasteiger partial charge on any atom is 0.221 e. The molecular formula is C21H42N4O3. The maximum absolute atomic E-state index is 12.4. The molecule has 0 bridgehead atoms. The Morgan fingerprint density at radius 3 is 1.75 bits per heavy atom. The van der Waals surface area contributed by atoms with E-state index in [9.17, 15) is 14.4 Å². The van der Waals surface area contributed by atoms with Gasteiger partial charge < -0.3 is 21.3 Å². The molecule has 0 fully saturated rings. The summed E-state index contributed by atoms with van der Waals surface area (Å²) in [6, 6.07) is 0.259. The average molecular weight is 399 g/mol. The van der Waals surface area contributed by atoms with Gasteiger partial charge in [-0.1, -0.05) is 41.5 Å². The summed E-state index contributed by atoms with van der Waals surface area (Å²) in [7, 11) is 0. The fraction of sp³-hybridized carbons (Fsp3) is 0.857. The minimum absolute atomic E-state index is 0.0360. The third-order valence-corrected chi connectivity index (χ3v) is 4.30. The Morgan fingerprint density at radius 1 is 0.714 bits per heavy atom. The standard InChI is InChI=1S/C21H42N4O3/c1-15(2)21(28)18(25-20(27)11-14-23-17(5)6)9-7-8-12-24-19(26)10-13-22-16(3)4/h15-18,22-23H,7-14H2,1-6H3,(H,24,26)(H,25,27). The fourth-order valence-electron chi connectivity index (χ4n) is 2.69. The van der Waals surface area contributed by atoms with E-state index < -0.39 is 6.04 Å². The molecule has 1 atom stereocenters. The number of hydrogen-bond donors (Lipinski definition) is 4. The van der Waals surface area contributed by atoms with Gasteiger partial charge in [-0.25, -0.2) is 0 Å². The maximum atomic E-state index is 12.4. The molecule has 164 valence electrons. The van der Waals surface area contributed by atoms with Crippen LogP contribution in [-0.2, 0) is 14.4 Å². The summed E-state index contributed by atoms with van der Waals surface area (Å²) >= 11 is 0. The molecule has 28 heavy (non-hydrogen) atoms. The Kier molecular flexibility index (Phi) is 14.6. The van der Waals surface area contributed by atoms with E-state index in [1.807, 2.05) is 41.5 Å². The van der Waals surface area contributed by atoms with Gasteiger partial charge in [0.05, 0.1) is 6.04 Å². The Bertz CT molecular complexity index is 465. The highest BCUT2D eigenvalue weighted by atomic mass is 16.2. The van der Waals surface area contributed by atoms with Crippen LogP contribution in [0.5, 0.6) is 0 Å². The summed E-state index contributed by atoms with van der Waals surface area (Å²) in [5.74, 6) is -0.117. The van der Waals surface area contributed by atoms with Gasteiger partial charge in [0.1, 0.15) is 0 Å². The number of unbranched alkanes of at least 4 members (excludes halogenated alkanes) is 1. The lowest BCUT2D eigenvalue weighted by Crippen LogP contribution is -2.43. The normalized spacial score (nSPS) is 12.5. The van der Waals surface area contributed by atoms with Crippen molar-refractivity contribution >= 4 is 17.6 Å². The molecular weight excluding hydrogens is 356 g/mol. The molecule has 2 amide bonds. The van der Waals surface area contributed by atoms with Gasteiger partial charge in [-0.2, -0.15) is 0 Å². The first kappa shape index (κ1) is 26.5. The minimum Gasteiger partial charge on any atom is -0.356 e. The molecule has 0 aliphatic heterocycles. The zero-order valence-corrected chi connectivity index (χ0v) is 18.7. The Balaban J connectivity index is 4.17. The number of ketones is 1. The molecule has 0 spiro atoms. The van der Waals surface area contributed by atoms with Gasteiger partial charge in [-0.15, -0.1) is 0 Å². The molecule has 0 rings (SSSR count). The largest absolute Gasteiger partial charge is 0.356 e. The predicted molar refractivity (Wildman–Crippen MR) is 114 cm³/mol. The molecule has 0 aromatic heterocycles. The van der Waals surface area contributed by atoms with Crippen molar-refractivity contribution in [3.05, 3.63) is 0 Å². The van der Waals surface area contributed by atoms with Gasteiger partial charge in [-0.3, -0.25) is 14.4 Å². The van der Waals surface area contributed by atoms with E-state index in [-0.39, 0.29) is 23.5 Å². The second kappa shape index (κ2) is 15.5. The van der Waals surface area contributed by atoms with E-state index >= 15 is 0 Å². The van der Waals surface area contributed by atoms with E-state index in [1.165, 1.54) is 0 Å². The van der Waals surface area contributed by atoms with Crippen molar-refractivity contribution in [2.45, 2.75) is 91.8 Å². The van der Waals surface area contributed by atoms with Crippen LogP contribution in [0.1, 0.15) is 73.6 Å². The van der Waals surface area contributed by atoms with Crippen LogP contribution in [0.3, 0.4) is 0 Å². The van der Waals surface area contributed by atoms with Crippen molar-refractivity contribution in [1.29, 1.82) is 0 Å². The quantitative estimate of drug-likeness (QED) is 0.297. The van der Waals surface area contributed by atoms with Crippen molar-refractivity contribution in [2.75, 3.05) is 19.6 Å². The third-order valence-electron chi connectivity index (χ3n) is 4.30. The number of hydrogen-bond acceptors (Lipinski definition) is 5. The second-order valence-electron chi connectivity index (χ2n) is 8.24. The molecule has 0 saturated carbocycles. The lowest BCUT2D eigenvalue weighted by atomic mass is 9.97. The Labute approximate surface area is 171 Å². The lowest BCUT2D eigenvalue weighted by molar-refractivity contribution is -0.129. The number of rotatable bonds is 16. The highest BCUT2D eigenvalue weighted by molar-refractivity contribution is 5.90. The highest BCUT2D eigenvalue weighted by Crippen LogP contribution is 2.08. The molecule has 1 unspecified atom stereocenters. The molecule has 0 aromatic rings. The van der Waals surface area contributed by atoms with Crippen molar-refractivity contribution in [1.82, 2.24) is 21.3 Å². The average Bonchev–Trinajstić information content (AvgIpc) is 2.59. The monoisotopic (exact) mass is 398 g/mol. The van der Waals surface area contributed by atoms with Gasteiger partial charge in [0.25, 0.3) is 0 Å². The first-order valence-electron chi connectivity index (χ1n) is 10.7. The fourth-order valence-corrected chi connectivity index (χ4v) is 2.69. The summed E-state index contributed by atoms with van der Waals surface area (Å²) < 4.78 is 0. The molecule has 7 heteroatoms. The summed E-state index contributed by atoms with van der Waals surface area (Å²) in [6.07, 6.45) is 2.99. The molecule has 4 N–H and O–H groups in total. The third kappa shape index (κ3) is 14.6. The SMILES string of the molecule is CC(C)NCCC(=O)NCCCCC(NC(=O)CCNC(C)C)C(=O)C(C)C. The van der Waals surface area contributed by atoms with Gasteiger partial charge in [0.2, 0.25) is 11.8 Å². The number of nitrogens with one attached hydrogen (secondary N) is 4. The van der Waals surface area contributed by atoms with Gasteiger partial charge in [0.15, 0.2) is 5.78 Å². The van der Waals surface area contributed by atoms with E-state index in [0.717, 1.165) is 12.8 Å². The molecule has 0 aliphatic carbocycles. The number of amides is 2. The van der Waals surface area contributed by atoms with Crippen molar-refractivity contribution < 1.29 is 14.4 Å². The van der Waals surface area contributed by atoms with Crippen LogP contribution in [-0.4, -0.2) is 55.4 Å². The number of carbonyl (C=O) groups is 3. The molecule has 0 radical (unpaired) electrons. The van der Waals surface area contributed by atoms with Crippen molar-refractivity contribution in [2.24, 2.45) is 5.92 Å². The molecule has 0 aliphatic rings. The van der Waals surface area contributed by atoms with Crippen LogP contribution in [0.15, 0.2) is 0 Å². The molecule has 0 saturated heterocycles. The van der Waals surface area contributed by atoms with Crippen LogP contribution in [0, 0.1) is 5.92 Å². The van der Waals surface area contributed by atoms with Gasteiger partial charge in [0, 0.05) is 50.5 Å².